The molecule has 2 aliphatic heterocycles. The van der Waals surface area contributed by atoms with Crippen LogP contribution in [0.15, 0.2) is 30.6 Å². The van der Waals surface area contributed by atoms with Crippen LogP contribution in [0.2, 0.25) is 5.02 Å². The number of aromatic nitrogens is 4. The lowest BCUT2D eigenvalue weighted by Crippen LogP contribution is -2.11. The number of nitrogens with one attached hydrogen (secondary N) is 1. The van der Waals surface area contributed by atoms with E-state index in [2.05, 4.69) is 28.7 Å². The van der Waals surface area contributed by atoms with E-state index in [-0.39, 0.29) is 5.92 Å². The van der Waals surface area contributed by atoms with Gasteiger partial charge in [0.15, 0.2) is 17.3 Å². The summed E-state index contributed by atoms with van der Waals surface area (Å²) in [6.07, 6.45) is 4.25. The fraction of sp³-hybridized carbons (Fsp3) is 0.389. The number of anilines is 1. The fourth-order valence-corrected chi connectivity index (χ4v) is 2.77. The second kappa shape index (κ2) is 6.06. The average Bonchev–Trinajstić information content (AvgIpc) is 3.25. The molecule has 1 saturated carbocycles. The van der Waals surface area contributed by atoms with Crippen molar-refractivity contribution in [2.24, 2.45) is 0 Å². The van der Waals surface area contributed by atoms with E-state index in [1.54, 1.807) is 0 Å². The van der Waals surface area contributed by atoms with Gasteiger partial charge in [-0.1, -0.05) is 37.6 Å². The number of rotatable bonds is 5. The summed E-state index contributed by atoms with van der Waals surface area (Å²) in [5.41, 5.74) is 2.02. The standard InChI is InChI=1S/C18H20ClN5/c1-11(2)16-22-15-17(21-14-7-8-14)20-10-24(18(15)23-16)9-12-3-5-13(19)6-4-12/h3-6,10-11,14,21H,7-9H2,1-2H3. The minimum atomic E-state index is 0.287. The van der Waals surface area contributed by atoms with Gasteiger partial charge in [0.25, 0.3) is 0 Å². The molecule has 124 valence electrons. The zero-order valence-electron chi connectivity index (χ0n) is 13.8. The van der Waals surface area contributed by atoms with Crippen LogP contribution in [0.4, 0.5) is 5.82 Å². The summed E-state index contributed by atoms with van der Waals surface area (Å²) < 4.78 is 2.05. The molecule has 4 rings (SSSR count). The van der Waals surface area contributed by atoms with Crippen molar-refractivity contribution in [3.8, 4) is 11.5 Å². The van der Waals surface area contributed by atoms with Crippen molar-refractivity contribution in [1.29, 1.82) is 0 Å². The van der Waals surface area contributed by atoms with Crippen LogP contribution in [-0.4, -0.2) is 25.6 Å². The topological polar surface area (TPSA) is 55.6 Å². The number of hydrogen-bond acceptors (Lipinski definition) is 4. The Morgan fingerprint density at radius 1 is 1.21 bits per heavy atom. The Labute approximate surface area is 146 Å². The lowest BCUT2D eigenvalue weighted by Gasteiger charge is -2.14. The summed E-state index contributed by atoms with van der Waals surface area (Å²) in [6, 6.07) is 8.39. The van der Waals surface area contributed by atoms with Gasteiger partial charge in [-0.25, -0.2) is 15.0 Å². The highest BCUT2D eigenvalue weighted by molar-refractivity contribution is 6.30. The number of benzene rings is 1. The third kappa shape index (κ3) is 3.08. The minimum absolute atomic E-state index is 0.287. The first-order valence-corrected chi connectivity index (χ1v) is 8.71. The molecule has 0 unspecified atom stereocenters. The van der Waals surface area contributed by atoms with E-state index >= 15 is 0 Å². The van der Waals surface area contributed by atoms with Crippen LogP contribution in [0.5, 0.6) is 0 Å². The van der Waals surface area contributed by atoms with E-state index in [9.17, 15) is 0 Å². The molecular weight excluding hydrogens is 322 g/mol. The van der Waals surface area contributed by atoms with Gasteiger partial charge in [0.1, 0.15) is 5.82 Å². The first-order chi connectivity index (χ1) is 11.6. The molecule has 2 heterocycles. The van der Waals surface area contributed by atoms with E-state index in [0.717, 1.165) is 33.7 Å². The molecule has 0 aromatic heterocycles. The number of fused-ring (bicyclic) bond motifs is 1. The van der Waals surface area contributed by atoms with Crippen LogP contribution >= 0.6 is 11.6 Å². The lowest BCUT2D eigenvalue weighted by molar-refractivity contribution is 0.751. The molecule has 0 bridgehead atoms. The van der Waals surface area contributed by atoms with Crippen LogP contribution in [0, 0.1) is 0 Å². The summed E-state index contributed by atoms with van der Waals surface area (Å²) in [5, 5.41) is 4.21. The van der Waals surface area contributed by atoms with Gasteiger partial charge >= 0.3 is 0 Å². The first-order valence-electron chi connectivity index (χ1n) is 8.34. The van der Waals surface area contributed by atoms with Crippen LogP contribution in [0.25, 0.3) is 11.5 Å². The highest BCUT2D eigenvalue weighted by atomic mass is 35.5. The van der Waals surface area contributed by atoms with E-state index in [4.69, 9.17) is 21.6 Å². The Hall–Kier alpha value is -2.14. The summed E-state index contributed by atoms with van der Waals surface area (Å²) in [6.45, 7) is 4.92. The highest BCUT2D eigenvalue weighted by Gasteiger charge is 2.27. The predicted molar refractivity (Wildman–Crippen MR) is 95.7 cm³/mol. The quantitative estimate of drug-likeness (QED) is 0.756. The molecule has 0 spiro atoms. The van der Waals surface area contributed by atoms with Gasteiger partial charge in [-0.05, 0) is 30.5 Å². The van der Waals surface area contributed by atoms with Crippen LogP contribution in [0.3, 0.4) is 0 Å². The Bertz CT molecular complexity index is 820. The van der Waals surface area contributed by atoms with Gasteiger partial charge in [0, 0.05) is 17.0 Å². The van der Waals surface area contributed by atoms with Gasteiger partial charge in [-0.15, -0.1) is 0 Å². The second-order valence-electron chi connectivity index (χ2n) is 6.67. The molecule has 1 aromatic carbocycles. The molecule has 5 nitrogen and oxygen atoms in total. The third-order valence-corrected chi connectivity index (χ3v) is 4.43. The van der Waals surface area contributed by atoms with Gasteiger partial charge < -0.3 is 9.88 Å². The van der Waals surface area contributed by atoms with Crippen molar-refractivity contribution in [1.82, 2.24) is 19.5 Å². The fourth-order valence-electron chi connectivity index (χ4n) is 2.64. The monoisotopic (exact) mass is 341 g/mol. The Kier molecular flexibility index (Phi) is 3.88. The van der Waals surface area contributed by atoms with Crippen molar-refractivity contribution in [3.05, 3.63) is 47.0 Å². The molecule has 0 radical (unpaired) electrons. The van der Waals surface area contributed by atoms with Gasteiger partial charge in [0.2, 0.25) is 0 Å². The second-order valence-corrected chi connectivity index (χ2v) is 7.11. The molecule has 6 heteroatoms. The van der Waals surface area contributed by atoms with Crippen molar-refractivity contribution < 1.29 is 0 Å². The molecule has 1 fully saturated rings. The van der Waals surface area contributed by atoms with Gasteiger partial charge in [-0.2, -0.15) is 0 Å². The smallest absolute Gasteiger partial charge is 0.166 e. The zero-order valence-corrected chi connectivity index (χ0v) is 14.6. The molecule has 1 aliphatic carbocycles. The predicted octanol–water partition coefficient (Wildman–Crippen LogP) is 4.18. The van der Waals surface area contributed by atoms with Crippen LogP contribution < -0.4 is 5.32 Å². The Balaban J connectivity index is 1.73. The molecule has 0 amide bonds. The average molecular weight is 342 g/mol. The number of imidazole rings is 1. The van der Waals surface area contributed by atoms with Crippen molar-refractivity contribution in [2.45, 2.75) is 45.2 Å². The maximum Gasteiger partial charge on any atom is 0.166 e. The highest BCUT2D eigenvalue weighted by Crippen LogP contribution is 2.32. The molecule has 24 heavy (non-hydrogen) atoms. The van der Waals surface area contributed by atoms with E-state index in [0.29, 0.717) is 12.6 Å². The van der Waals surface area contributed by atoms with Crippen LogP contribution in [-0.2, 0) is 6.54 Å². The maximum atomic E-state index is 5.97. The molecule has 1 aromatic rings. The number of nitrogens with zero attached hydrogens (tertiary/aromatic N) is 4. The lowest BCUT2D eigenvalue weighted by atomic mass is 10.2. The first kappa shape index (κ1) is 15.4. The molecule has 0 saturated heterocycles. The third-order valence-electron chi connectivity index (χ3n) is 4.18. The Morgan fingerprint density at radius 3 is 2.62 bits per heavy atom. The zero-order chi connectivity index (χ0) is 16.7. The van der Waals surface area contributed by atoms with Gasteiger partial charge in [-0.3, -0.25) is 0 Å². The van der Waals surface area contributed by atoms with E-state index < -0.39 is 0 Å². The molecule has 0 atom stereocenters. The van der Waals surface area contributed by atoms with Crippen LogP contribution in [0.1, 0.15) is 44.0 Å². The largest absolute Gasteiger partial charge is 0.365 e. The van der Waals surface area contributed by atoms with E-state index in [1.165, 1.54) is 12.8 Å². The number of halogens is 1. The van der Waals surface area contributed by atoms with Crippen molar-refractivity contribution in [3.63, 3.8) is 0 Å². The summed E-state index contributed by atoms with van der Waals surface area (Å²) in [5.74, 6) is 2.88. The number of hydrogen-bond donors (Lipinski definition) is 1. The molecule has 3 aliphatic rings. The van der Waals surface area contributed by atoms with Crippen molar-refractivity contribution in [2.75, 3.05) is 5.32 Å². The van der Waals surface area contributed by atoms with E-state index in [1.807, 2.05) is 30.6 Å². The summed E-state index contributed by atoms with van der Waals surface area (Å²) in [4.78, 5) is 14.1. The van der Waals surface area contributed by atoms with Crippen molar-refractivity contribution >= 4 is 17.4 Å². The van der Waals surface area contributed by atoms with Gasteiger partial charge in [0.05, 0.1) is 12.9 Å². The normalized spacial score (nSPS) is 14.5. The Morgan fingerprint density at radius 2 is 1.96 bits per heavy atom. The maximum absolute atomic E-state index is 5.97. The summed E-state index contributed by atoms with van der Waals surface area (Å²) in [7, 11) is 0. The molecular formula is C18H20ClN5. The minimum Gasteiger partial charge on any atom is -0.365 e. The molecule has 1 N–H and O–H groups in total. The summed E-state index contributed by atoms with van der Waals surface area (Å²) >= 11 is 5.97. The SMILES string of the molecule is CC(C)c1nc2c(NC3CC3)ncn(Cc3ccc(Cl)cc3)c-2n1.